The Hall–Kier alpha value is -0.260. The van der Waals surface area contributed by atoms with Gasteiger partial charge in [-0.1, -0.05) is 44.3 Å². The van der Waals surface area contributed by atoms with E-state index >= 15 is 0 Å². The van der Waals surface area contributed by atoms with Crippen LogP contribution in [0, 0.1) is 6.42 Å². The topological polar surface area (TPSA) is 0 Å². The second-order valence-corrected chi connectivity index (χ2v) is 4.09. The van der Waals surface area contributed by atoms with Crippen molar-refractivity contribution in [2.45, 2.75) is 64.7 Å². The minimum Gasteiger partial charge on any atom is -0.0850 e. The zero-order valence-corrected chi connectivity index (χ0v) is 9.02. The highest BCUT2D eigenvalue weighted by Crippen LogP contribution is 2.21. The Morgan fingerprint density at radius 2 is 2.00 bits per heavy atom. The van der Waals surface area contributed by atoms with Crippen molar-refractivity contribution in [3.63, 3.8) is 0 Å². The van der Waals surface area contributed by atoms with Gasteiger partial charge in [0.25, 0.3) is 0 Å². The molecule has 0 heterocycles. The van der Waals surface area contributed by atoms with Crippen molar-refractivity contribution >= 4 is 0 Å². The normalized spacial score (nSPS) is 17.2. The number of hydrogen-bond acceptors (Lipinski definition) is 0. The third kappa shape index (κ3) is 5.13. The first-order chi connectivity index (χ1) is 6.43. The summed E-state index contributed by atoms with van der Waals surface area (Å²) in [6, 6.07) is 0. The van der Waals surface area contributed by atoms with Crippen molar-refractivity contribution in [2.24, 2.45) is 0 Å². The summed E-state index contributed by atoms with van der Waals surface area (Å²) in [7, 11) is 0. The molecule has 0 spiro atoms. The lowest BCUT2D eigenvalue weighted by atomic mass is 9.95. The third-order valence-electron chi connectivity index (χ3n) is 2.84. The Labute approximate surface area is 83.4 Å². The standard InChI is InChI=1S/C13H23/c1-2-3-4-5-7-10-13-11-8-6-9-12-13/h6,11H,2-5,7-10,12H2,1H3. The van der Waals surface area contributed by atoms with E-state index < -0.39 is 0 Å². The highest BCUT2D eigenvalue weighted by Gasteiger charge is 2.02. The fraction of sp³-hybridized carbons (Fsp3) is 0.769. The molecule has 0 heteroatoms. The smallest absolute Gasteiger partial charge is 0.0317 e. The molecule has 0 aromatic rings. The van der Waals surface area contributed by atoms with Crippen LogP contribution >= 0.6 is 0 Å². The SMILES string of the molecule is CCCCCCCC1=CC[CH]CC1. The molecule has 0 saturated carbocycles. The molecule has 1 rings (SSSR count). The van der Waals surface area contributed by atoms with Gasteiger partial charge in [-0.2, -0.15) is 0 Å². The highest BCUT2D eigenvalue weighted by atomic mass is 14.1. The second kappa shape index (κ2) is 7.17. The summed E-state index contributed by atoms with van der Waals surface area (Å²) in [6.45, 7) is 2.28. The third-order valence-corrected chi connectivity index (χ3v) is 2.84. The number of allylic oxidation sites excluding steroid dienone is 2. The van der Waals surface area contributed by atoms with Crippen LogP contribution < -0.4 is 0 Å². The summed E-state index contributed by atoms with van der Waals surface area (Å²) in [4.78, 5) is 0. The molecule has 1 aliphatic rings. The summed E-state index contributed by atoms with van der Waals surface area (Å²) in [5.74, 6) is 0. The molecule has 1 radical (unpaired) electrons. The maximum atomic E-state index is 2.43. The predicted molar refractivity (Wildman–Crippen MR) is 59.6 cm³/mol. The van der Waals surface area contributed by atoms with Gasteiger partial charge < -0.3 is 0 Å². The molecule has 13 heavy (non-hydrogen) atoms. The predicted octanol–water partition coefficient (Wildman–Crippen LogP) is 4.66. The van der Waals surface area contributed by atoms with Gasteiger partial charge in [-0.25, -0.2) is 0 Å². The fourth-order valence-corrected chi connectivity index (χ4v) is 1.94. The van der Waals surface area contributed by atoms with Crippen molar-refractivity contribution < 1.29 is 0 Å². The van der Waals surface area contributed by atoms with Gasteiger partial charge in [0.15, 0.2) is 0 Å². The van der Waals surface area contributed by atoms with Crippen LogP contribution in [0.25, 0.3) is 0 Å². The maximum absolute atomic E-state index is 2.43. The van der Waals surface area contributed by atoms with Crippen molar-refractivity contribution in [1.29, 1.82) is 0 Å². The molecule has 0 saturated heterocycles. The molecule has 0 aromatic carbocycles. The van der Waals surface area contributed by atoms with Gasteiger partial charge >= 0.3 is 0 Å². The summed E-state index contributed by atoms with van der Waals surface area (Å²) >= 11 is 0. The first-order valence-electron chi connectivity index (χ1n) is 5.93. The highest BCUT2D eigenvalue weighted by molar-refractivity contribution is 5.08. The lowest BCUT2D eigenvalue weighted by molar-refractivity contribution is 0.619. The Morgan fingerprint density at radius 1 is 1.15 bits per heavy atom. The fourth-order valence-electron chi connectivity index (χ4n) is 1.94. The number of hydrogen-bond donors (Lipinski definition) is 0. The van der Waals surface area contributed by atoms with Gasteiger partial charge in [0, 0.05) is 0 Å². The second-order valence-electron chi connectivity index (χ2n) is 4.09. The molecule has 75 valence electrons. The Balaban J connectivity index is 1.95. The van der Waals surface area contributed by atoms with Gasteiger partial charge in [0.1, 0.15) is 0 Å². The van der Waals surface area contributed by atoms with E-state index in [1.165, 1.54) is 57.8 Å². The van der Waals surface area contributed by atoms with E-state index in [0.29, 0.717) is 0 Å². The molecular weight excluding hydrogens is 156 g/mol. The van der Waals surface area contributed by atoms with Gasteiger partial charge in [-0.05, 0) is 38.5 Å². The van der Waals surface area contributed by atoms with Gasteiger partial charge in [0.2, 0.25) is 0 Å². The molecule has 0 aliphatic heterocycles. The van der Waals surface area contributed by atoms with E-state index in [9.17, 15) is 0 Å². The first kappa shape index (κ1) is 10.8. The average molecular weight is 179 g/mol. The maximum Gasteiger partial charge on any atom is -0.0317 e. The van der Waals surface area contributed by atoms with Gasteiger partial charge in [-0.3, -0.25) is 0 Å². The lowest BCUT2D eigenvalue weighted by Crippen LogP contribution is -1.92. The zero-order chi connectivity index (χ0) is 9.36. The Bertz CT molecular complexity index is 144. The van der Waals surface area contributed by atoms with E-state index in [1.54, 1.807) is 5.57 Å². The molecule has 0 N–H and O–H groups in total. The summed E-state index contributed by atoms with van der Waals surface area (Å²) < 4.78 is 0. The first-order valence-corrected chi connectivity index (χ1v) is 5.93. The van der Waals surface area contributed by atoms with Gasteiger partial charge in [0.05, 0.1) is 0 Å². The van der Waals surface area contributed by atoms with Crippen LogP contribution in [-0.2, 0) is 0 Å². The van der Waals surface area contributed by atoms with Crippen molar-refractivity contribution in [3.8, 4) is 0 Å². The number of rotatable bonds is 6. The van der Waals surface area contributed by atoms with Crippen LogP contribution in [0.4, 0.5) is 0 Å². The summed E-state index contributed by atoms with van der Waals surface area (Å²) in [6.07, 6.45) is 17.2. The molecule has 0 bridgehead atoms. The Kier molecular flexibility index (Phi) is 5.97. The molecule has 0 aromatic heterocycles. The van der Waals surface area contributed by atoms with Crippen LogP contribution in [0.2, 0.25) is 0 Å². The van der Waals surface area contributed by atoms with E-state index in [0.717, 1.165) is 0 Å². The van der Waals surface area contributed by atoms with Crippen molar-refractivity contribution in [1.82, 2.24) is 0 Å². The zero-order valence-electron chi connectivity index (χ0n) is 9.02. The largest absolute Gasteiger partial charge is 0.0850 e. The van der Waals surface area contributed by atoms with E-state index in [2.05, 4.69) is 19.4 Å². The minimum absolute atomic E-state index is 1.23. The van der Waals surface area contributed by atoms with Crippen LogP contribution in [0.3, 0.4) is 0 Å². The average Bonchev–Trinajstić information content (AvgIpc) is 2.19. The van der Waals surface area contributed by atoms with E-state index in [1.807, 2.05) is 0 Å². The summed E-state index contributed by atoms with van der Waals surface area (Å²) in [5, 5.41) is 0. The van der Waals surface area contributed by atoms with Crippen molar-refractivity contribution in [2.75, 3.05) is 0 Å². The van der Waals surface area contributed by atoms with Gasteiger partial charge in [-0.15, -0.1) is 0 Å². The molecule has 0 fully saturated rings. The van der Waals surface area contributed by atoms with Crippen LogP contribution in [0.5, 0.6) is 0 Å². The monoisotopic (exact) mass is 179 g/mol. The molecule has 1 aliphatic carbocycles. The van der Waals surface area contributed by atoms with E-state index in [4.69, 9.17) is 0 Å². The van der Waals surface area contributed by atoms with E-state index in [-0.39, 0.29) is 0 Å². The molecule has 0 unspecified atom stereocenters. The number of unbranched alkanes of at least 4 members (excludes halogenated alkanes) is 4. The summed E-state index contributed by atoms with van der Waals surface area (Å²) in [5.41, 5.74) is 1.72. The lowest BCUT2D eigenvalue weighted by Gasteiger charge is -2.11. The van der Waals surface area contributed by atoms with Crippen molar-refractivity contribution in [3.05, 3.63) is 18.1 Å². The minimum atomic E-state index is 1.23. The molecule has 0 nitrogen and oxygen atoms in total. The molecular formula is C13H23. The molecule has 0 atom stereocenters. The van der Waals surface area contributed by atoms with Crippen LogP contribution in [0.1, 0.15) is 64.7 Å². The Morgan fingerprint density at radius 3 is 2.69 bits per heavy atom. The van der Waals surface area contributed by atoms with Crippen LogP contribution in [0.15, 0.2) is 11.6 Å². The quantitative estimate of drug-likeness (QED) is 0.411. The van der Waals surface area contributed by atoms with Crippen LogP contribution in [-0.4, -0.2) is 0 Å². The molecule has 0 amide bonds.